The molecule has 1 atom stereocenters. The first-order valence-corrected chi connectivity index (χ1v) is 21.8. The fraction of sp³-hybridized carbons (Fsp3) is 0.273. The molecule has 0 bridgehead atoms. The van der Waals surface area contributed by atoms with E-state index in [1.54, 1.807) is 36.0 Å². The third kappa shape index (κ3) is 10.5. The van der Waals surface area contributed by atoms with Gasteiger partial charge in [-0.2, -0.15) is 0 Å². The molecule has 12 heteroatoms. The first-order valence-electron chi connectivity index (χ1n) is 18.9. The van der Waals surface area contributed by atoms with Crippen LogP contribution in [0.25, 0.3) is 11.1 Å². The third-order valence-corrected chi connectivity index (χ3v) is 12.9. The van der Waals surface area contributed by atoms with Gasteiger partial charge in [-0.3, -0.25) is 14.5 Å². The molecule has 0 spiro atoms. The second kappa shape index (κ2) is 18.0. The molecule has 0 unspecified atom stereocenters. The fourth-order valence-electron chi connectivity index (χ4n) is 6.83. The molecule has 2 fully saturated rings. The van der Waals surface area contributed by atoms with Crippen LogP contribution >= 0.6 is 23.4 Å². The number of piperazine rings is 1. The van der Waals surface area contributed by atoms with Gasteiger partial charge in [0.1, 0.15) is 0 Å². The van der Waals surface area contributed by atoms with Gasteiger partial charge in [0.2, 0.25) is 5.91 Å². The summed E-state index contributed by atoms with van der Waals surface area (Å²) in [5.74, 6) is -0.0503. The summed E-state index contributed by atoms with van der Waals surface area (Å²) in [7, 11) is -4.15. The van der Waals surface area contributed by atoms with Gasteiger partial charge in [-0.05, 0) is 109 Å². The minimum absolute atomic E-state index is 0.00242. The lowest BCUT2D eigenvalue weighted by Gasteiger charge is -2.36. The summed E-state index contributed by atoms with van der Waals surface area (Å²) in [4.78, 5) is 31.7. The van der Waals surface area contributed by atoms with Crippen molar-refractivity contribution in [3.8, 4) is 11.1 Å². The first-order chi connectivity index (χ1) is 27.1. The number of nitrogens with zero attached hydrogens (tertiary/aromatic N) is 2. The number of aryl methyl sites for hydroxylation is 1. The van der Waals surface area contributed by atoms with Gasteiger partial charge in [-0.25, -0.2) is 13.1 Å². The predicted molar refractivity (Wildman–Crippen MR) is 227 cm³/mol. The Balaban J connectivity index is 0.930. The van der Waals surface area contributed by atoms with Crippen molar-refractivity contribution in [2.45, 2.75) is 54.6 Å². The van der Waals surface area contributed by atoms with E-state index in [9.17, 15) is 18.0 Å². The Morgan fingerprint density at radius 2 is 1.54 bits per heavy atom. The number of nitrogens with one attached hydrogen (secondary N) is 3. The highest BCUT2D eigenvalue weighted by atomic mass is 35.5. The van der Waals surface area contributed by atoms with E-state index < -0.39 is 15.9 Å². The van der Waals surface area contributed by atoms with Crippen molar-refractivity contribution in [3.05, 3.63) is 143 Å². The number of halogens is 1. The molecule has 0 aromatic heterocycles. The zero-order valence-corrected chi connectivity index (χ0v) is 33.7. The Kier molecular flexibility index (Phi) is 12.7. The normalized spacial score (nSPS) is 15.2. The number of carbonyl (C=O) groups excluding carboxylic acids is 2. The van der Waals surface area contributed by atoms with E-state index in [1.807, 2.05) is 61.5 Å². The maximum absolute atomic E-state index is 13.4. The van der Waals surface area contributed by atoms with Gasteiger partial charge < -0.3 is 15.5 Å². The van der Waals surface area contributed by atoms with Crippen LogP contribution in [0.2, 0.25) is 5.02 Å². The van der Waals surface area contributed by atoms with Crippen LogP contribution in [0.1, 0.15) is 40.7 Å². The van der Waals surface area contributed by atoms with Crippen LogP contribution in [0, 0.1) is 6.92 Å². The highest BCUT2D eigenvalue weighted by Crippen LogP contribution is 2.28. The van der Waals surface area contributed by atoms with Crippen molar-refractivity contribution in [3.63, 3.8) is 0 Å². The van der Waals surface area contributed by atoms with Crippen LogP contribution in [0.4, 0.5) is 11.4 Å². The number of hydrogen-bond donors (Lipinski definition) is 3. The van der Waals surface area contributed by atoms with Crippen molar-refractivity contribution < 1.29 is 18.0 Å². The van der Waals surface area contributed by atoms with Crippen LogP contribution in [0.3, 0.4) is 0 Å². The van der Waals surface area contributed by atoms with E-state index in [0.717, 1.165) is 72.4 Å². The van der Waals surface area contributed by atoms with E-state index in [-0.39, 0.29) is 28.4 Å². The third-order valence-electron chi connectivity index (χ3n) is 10.1. The van der Waals surface area contributed by atoms with Crippen molar-refractivity contribution in [1.82, 2.24) is 14.9 Å². The Labute approximate surface area is 338 Å². The molecule has 3 N–H and O–H groups in total. The topological polar surface area (TPSA) is 111 Å². The summed E-state index contributed by atoms with van der Waals surface area (Å²) in [5, 5.41) is 7.25. The lowest BCUT2D eigenvalue weighted by atomic mass is 9.99. The maximum atomic E-state index is 13.4. The number of benzene rings is 5. The van der Waals surface area contributed by atoms with Crippen LogP contribution in [0.5, 0.6) is 0 Å². The SMILES string of the molecule is Cc1cc(S(=O)(=O)NC(=O)c2ccc(N3CCN(Cc4ccccc4-c4ccc(Cl)cc4)CC3)cc2)ccc1N[C@@H](CSc1ccccc1)CC(=O)NC1CC1. The minimum atomic E-state index is -4.15. The molecule has 56 heavy (non-hydrogen) atoms. The largest absolute Gasteiger partial charge is 0.381 e. The molecule has 1 saturated heterocycles. The molecular formula is C44H46ClN5O4S2. The fourth-order valence-corrected chi connectivity index (χ4v) is 8.96. The van der Waals surface area contributed by atoms with E-state index >= 15 is 0 Å². The number of anilines is 2. The van der Waals surface area contributed by atoms with Gasteiger partial charge in [0.15, 0.2) is 0 Å². The molecule has 9 nitrogen and oxygen atoms in total. The maximum Gasteiger partial charge on any atom is 0.264 e. The Bertz CT molecular complexity index is 2240. The molecule has 0 radical (unpaired) electrons. The summed E-state index contributed by atoms with van der Waals surface area (Å²) in [6.45, 7) is 6.07. The van der Waals surface area contributed by atoms with Crippen LogP contribution in [-0.2, 0) is 21.4 Å². The van der Waals surface area contributed by atoms with Crippen molar-refractivity contribution >= 4 is 56.6 Å². The van der Waals surface area contributed by atoms with E-state index in [0.29, 0.717) is 17.7 Å². The van der Waals surface area contributed by atoms with Crippen LogP contribution in [0.15, 0.2) is 131 Å². The summed E-state index contributed by atoms with van der Waals surface area (Å²) >= 11 is 7.78. The van der Waals surface area contributed by atoms with E-state index in [4.69, 9.17) is 11.6 Å². The van der Waals surface area contributed by atoms with Crippen molar-refractivity contribution in [2.75, 3.05) is 42.1 Å². The van der Waals surface area contributed by atoms with Crippen LogP contribution in [-0.4, -0.2) is 69.1 Å². The molecule has 290 valence electrons. The minimum Gasteiger partial charge on any atom is -0.381 e. The van der Waals surface area contributed by atoms with Gasteiger partial charge in [-0.1, -0.05) is 66.2 Å². The molecule has 1 aliphatic carbocycles. The highest BCUT2D eigenvalue weighted by molar-refractivity contribution is 7.99. The molecule has 2 aliphatic rings. The number of thioether (sulfide) groups is 1. The smallest absolute Gasteiger partial charge is 0.264 e. The molecule has 2 amide bonds. The number of rotatable bonds is 15. The molecule has 5 aromatic carbocycles. The summed E-state index contributed by atoms with van der Waals surface area (Å²) in [6.07, 6.45) is 2.32. The number of sulfonamides is 1. The Hall–Kier alpha value is -4.81. The zero-order valence-electron chi connectivity index (χ0n) is 31.3. The zero-order chi connectivity index (χ0) is 39.1. The highest BCUT2D eigenvalue weighted by Gasteiger charge is 2.26. The average Bonchev–Trinajstić information content (AvgIpc) is 4.03. The second-order valence-corrected chi connectivity index (χ2v) is 17.6. The standard InChI is InChI=1S/C44H46ClN5O4S2/c1-31-27-40(21-22-42(31)46-37(28-43(51)47-36-17-18-36)30-55-39-8-3-2-4-9-39)56(53,54)48-44(52)33-13-19-38(20-14-33)50-25-23-49(24-26-50)29-34-7-5-6-10-41(34)32-11-15-35(45)16-12-32/h2-16,19-22,27,36-37,46H,17-18,23-26,28-30H2,1H3,(H,47,51)(H,48,52)/t37-/m1/s1. The van der Waals surface area contributed by atoms with E-state index in [2.05, 4.69) is 61.6 Å². The van der Waals surface area contributed by atoms with Gasteiger partial charge >= 0.3 is 0 Å². The van der Waals surface area contributed by atoms with Crippen LogP contribution < -0.4 is 20.3 Å². The molecular weight excluding hydrogens is 762 g/mol. The molecule has 1 aliphatic heterocycles. The molecule has 7 rings (SSSR count). The Morgan fingerprint density at radius 3 is 2.23 bits per heavy atom. The van der Waals surface area contributed by atoms with Crippen molar-refractivity contribution in [1.29, 1.82) is 0 Å². The summed E-state index contributed by atoms with van der Waals surface area (Å²) in [5.41, 5.74) is 6.27. The molecule has 1 heterocycles. The quantitative estimate of drug-likeness (QED) is 0.0914. The van der Waals surface area contributed by atoms with Gasteiger partial charge in [0, 0.05) is 83.8 Å². The average molecular weight is 808 g/mol. The number of hydrogen-bond acceptors (Lipinski definition) is 8. The van der Waals surface area contributed by atoms with Gasteiger partial charge in [0.05, 0.1) is 4.90 Å². The van der Waals surface area contributed by atoms with Crippen molar-refractivity contribution in [2.24, 2.45) is 0 Å². The summed E-state index contributed by atoms with van der Waals surface area (Å²) < 4.78 is 29.0. The summed E-state index contributed by atoms with van der Waals surface area (Å²) in [6, 6.07) is 38.3. The molecule has 5 aromatic rings. The second-order valence-electron chi connectivity index (χ2n) is 14.4. The van der Waals surface area contributed by atoms with Gasteiger partial charge in [0.25, 0.3) is 15.9 Å². The predicted octanol–water partition coefficient (Wildman–Crippen LogP) is 8.00. The Morgan fingerprint density at radius 1 is 0.839 bits per heavy atom. The monoisotopic (exact) mass is 807 g/mol. The number of carbonyl (C=O) groups is 2. The number of amides is 2. The lowest BCUT2D eigenvalue weighted by molar-refractivity contribution is -0.121. The van der Waals surface area contributed by atoms with E-state index in [1.165, 1.54) is 17.2 Å². The molecule has 1 saturated carbocycles. The first kappa shape index (κ1) is 39.4. The van der Waals surface area contributed by atoms with Gasteiger partial charge in [-0.15, -0.1) is 11.8 Å². The lowest BCUT2D eigenvalue weighted by Crippen LogP contribution is -2.46.